The number of hydrogen-bond donors (Lipinski definition) is 2. The predicted molar refractivity (Wildman–Crippen MR) is 92.3 cm³/mol. The molecule has 1 aliphatic rings. The van der Waals surface area contributed by atoms with Crippen LogP contribution in [0.15, 0.2) is 22.8 Å². The van der Waals surface area contributed by atoms with Gasteiger partial charge in [0.05, 0.1) is 12.3 Å². The largest absolute Gasteiger partial charge is 0.468 e. The molecule has 2 amide bonds. The third-order valence-electron chi connectivity index (χ3n) is 4.48. The summed E-state index contributed by atoms with van der Waals surface area (Å²) >= 11 is 0. The maximum absolute atomic E-state index is 12.5. The Hall–Kier alpha value is -1.82. The zero-order chi connectivity index (χ0) is 17.5. The summed E-state index contributed by atoms with van der Waals surface area (Å²) in [6, 6.07) is 3.36. The van der Waals surface area contributed by atoms with Crippen molar-refractivity contribution in [3.63, 3.8) is 0 Å². The molecule has 2 rings (SSSR count). The lowest BCUT2D eigenvalue weighted by molar-refractivity contribution is -0.129. The van der Waals surface area contributed by atoms with Crippen molar-refractivity contribution < 1.29 is 14.0 Å². The molecule has 0 aliphatic carbocycles. The summed E-state index contributed by atoms with van der Waals surface area (Å²) in [7, 11) is 0. The standard InChI is InChI=1S/C18H29N3O3/c1-13(2)17(20-14(3)22)18(23)19-12-15(16-8-7-11-24-16)21-9-5-4-6-10-21/h7-8,11,13,15,17H,4-6,9-10,12H2,1-3H3,(H,19,23)(H,20,22). The van der Waals surface area contributed by atoms with E-state index in [2.05, 4.69) is 15.5 Å². The third-order valence-corrected chi connectivity index (χ3v) is 4.48. The quantitative estimate of drug-likeness (QED) is 0.800. The van der Waals surface area contributed by atoms with E-state index in [4.69, 9.17) is 4.42 Å². The highest BCUT2D eigenvalue weighted by Crippen LogP contribution is 2.24. The minimum atomic E-state index is -0.513. The second-order valence-electron chi connectivity index (χ2n) is 6.80. The molecule has 1 saturated heterocycles. The first-order chi connectivity index (χ1) is 11.5. The van der Waals surface area contributed by atoms with Crippen molar-refractivity contribution in [2.45, 2.75) is 52.1 Å². The second-order valence-corrected chi connectivity index (χ2v) is 6.80. The number of likely N-dealkylation sites (tertiary alicyclic amines) is 1. The molecular weight excluding hydrogens is 306 g/mol. The van der Waals surface area contributed by atoms with E-state index in [9.17, 15) is 9.59 Å². The molecule has 2 atom stereocenters. The lowest BCUT2D eigenvalue weighted by atomic mass is 10.0. The first-order valence-electron chi connectivity index (χ1n) is 8.81. The van der Waals surface area contributed by atoms with Gasteiger partial charge in [-0.25, -0.2) is 0 Å². The van der Waals surface area contributed by atoms with Gasteiger partial charge >= 0.3 is 0 Å². The molecular formula is C18H29N3O3. The summed E-state index contributed by atoms with van der Waals surface area (Å²) < 4.78 is 5.59. The van der Waals surface area contributed by atoms with Crippen LogP contribution in [-0.4, -0.2) is 42.4 Å². The van der Waals surface area contributed by atoms with E-state index in [1.807, 2.05) is 26.0 Å². The molecule has 2 unspecified atom stereocenters. The summed E-state index contributed by atoms with van der Waals surface area (Å²) in [4.78, 5) is 26.2. The molecule has 134 valence electrons. The summed E-state index contributed by atoms with van der Waals surface area (Å²) in [6.07, 6.45) is 5.27. The summed E-state index contributed by atoms with van der Waals surface area (Å²) in [5, 5.41) is 5.73. The number of nitrogens with one attached hydrogen (secondary N) is 2. The van der Waals surface area contributed by atoms with Gasteiger partial charge in [0.25, 0.3) is 0 Å². The molecule has 0 spiro atoms. The number of carbonyl (C=O) groups is 2. The average Bonchev–Trinajstić information content (AvgIpc) is 3.07. The molecule has 2 heterocycles. The fourth-order valence-electron chi connectivity index (χ4n) is 3.18. The molecule has 0 aromatic carbocycles. The Kier molecular flexibility index (Phi) is 6.85. The van der Waals surface area contributed by atoms with E-state index in [-0.39, 0.29) is 23.8 Å². The fraction of sp³-hybridized carbons (Fsp3) is 0.667. The third kappa shape index (κ3) is 5.09. The van der Waals surface area contributed by atoms with E-state index < -0.39 is 6.04 Å². The van der Waals surface area contributed by atoms with Gasteiger partial charge in [0.2, 0.25) is 11.8 Å². The van der Waals surface area contributed by atoms with Crippen LogP contribution in [0.25, 0.3) is 0 Å². The van der Waals surface area contributed by atoms with Crippen LogP contribution in [0.5, 0.6) is 0 Å². The Bertz CT molecular complexity index is 522. The van der Waals surface area contributed by atoms with Gasteiger partial charge in [-0.15, -0.1) is 0 Å². The minimum Gasteiger partial charge on any atom is -0.468 e. The number of amides is 2. The zero-order valence-electron chi connectivity index (χ0n) is 14.9. The van der Waals surface area contributed by atoms with Crippen LogP contribution in [0.1, 0.15) is 51.8 Å². The zero-order valence-corrected chi connectivity index (χ0v) is 14.9. The highest BCUT2D eigenvalue weighted by Gasteiger charge is 2.27. The Morgan fingerprint density at radius 3 is 2.50 bits per heavy atom. The molecule has 6 heteroatoms. The van der Waals surface area contributed by atoms with Crippen LogP contribution in [0.2, 0.25) is 0 Å². The summed E-state index contributed by atoms with van der Waals surface area (Å²) in [6.45, 7) is 7.79. The molecule has 24 heavy (non-hydrogen) atoms. The predicted octanol–water partition coefficient (Wildman–Crippen LogP) is 2.08. The Labute approximate surface area is 144 Å². The molecule has 1 aromatic rings. The van der Waals surface area contributed by atoms with Gasteiger partial charge in [0.1, 0.15) is 11.8 Å². The molecule has 0 bridgehead atoms. The van der Waals surface area contributed by atoms with E-state index in [0.717, 1.165) is 18.8 Å². The number of carbonyl (C=O) groups excluding carboxylic acids is 2. The Balaban J connectivity index is 2.01. The van der Waals surface area contributed by atoms with Gasteiger partial charge in [-0.1, -0.05) is 20.3 Å². The van der Waals surface area contributed by atoms with E-state index in [1.54, 1.807) is 6.26 Å². The van der Waals surface area contributed by atoms with Gasteiger partial charge < -0.3 is 15.1 Å². The van der Waals surface area contributed by atoms with Gasteiger partial charge in [-0.2, -0.15) is 0 Å². The number of furan rings is 1. The van der Waals surface area contributed by atoms with Gasteiger partial charge in [0.15, 0.2) is 0 Å². The van der Waals surface area contributed by atoms with Crippen LogP contribution in [0, 0.1) is 5.92 Å². The SMILES string of the molecule is CC(=O)NC(C(=O)NCC(c1ccco1)N1CCCCC1)C(C)C. The highest BCUT2D eigenvalue weighted by atomic mass is 16.3. The molecule has 0 radical (unpaired) electrons. The van der Waals surface area contributed by atoms with Crippen LogP contribution in [0.4, 0.5) is 0 Å². The van der Waals surface area contributed by atoms with Crippen molar-refractivity contribution in [2.75, 3.05) is 19.6 Å². The van der Waals surface area contributed by atoms with Crippen molar-refractivity contribution >= 4 is 11.8 Å². The Morgan fingerprint density at radius 1 is 1.25 bits per heavy atom. The smallest absolute Gasteiger partial charge is 0.242 e. The number of nitrogens with zero attached hydrogens (tertiary/aromatic N) is 1. The molecule has 1 fully saturated rings. The monoisotopic (exact) mass is 335 g/mol. The molecule has 2 N–H and O–H groups in total. The van der Waals surface area contributed by atoms with Gasteiger partial charge in [-0.3, -0.25) is 14.5 Å². The molecule has 1 aliphatic heterocycles. The second kappa shape index (κ2) is 8.87. The van der Waals surface area contributed by atoms with Crippen molar-refractivity contribution in [3.8, 4) is 0 Å². The van der Waals surface area contributed by atoms with E-state index in [0.29, 0.717) is 6.54 Å². The summed E-state index contributed by atoms with van der Waals surface area (Å²) in [5.74, 6) is 0.569. The topological polar surface area (TPSA) is 74.6 Å². The van der Waals surface area contributed by atoms with Crippen molar-refractivity contribution in [3.05, 3.63) is 24.2 Å². The van der Waals surface area contributed by atoms with Crippen molar-refractivity contribution in [2.24, 2.45) is 5.92 Å². The average molecular weight is 335 g/mol. The van der Waals surface area contributed by atoms with Crippen molar-refractivity contribution in [1.29, 1.82) is 0 Å². The van der Waals surface area contributed by atoms with Gasteiger partial charge in [0, 0.05) is 13.5 Å². The van der Waals surface area contributed by atoms with Crippen LogP contribution in [-0.2, 0) is 9.59 Å². The van der Waals surface area contributed by atoms with Crippen LogP contribution < -0.4 is 10.6 Å². The lowest BCUT2D eigenvalue weighted by Gasteiger charge is -2.34. The summed E-state index contributed by atoms with van der Waals surface area (Å²) in [5.41, 5.74) is 0. The maximum atomic E-state index is 12.5. The molecule has 1 aromatic heterocycles. The van der Waals surface area contributed by atoms with Crippen LogP contribution in [0.3, 0.4) is 0 Å². The van der Waals surface area contributed by atoms with Crippen molar-refractivity contribution in [1.82, 2.24) is 15.5 Å². The number of piperidine rings is 1. The first-order valence-corrected chi connectivity index (χ1v) is 8.81. The number of rotatable bonds is 7. The Morgan fingerprint density at radius 2 is 1.96 bits per heavy atom. The molecule has 0 saturated carbocycles. The lowest BCUT2D eigenvalue weighted by Crippen LogP contribution is -2.51. The number of hydrogen-bond acceptors (Lipinski definition) is 4. The first kappa shape index (κ1) is 18.5. The fourth-order valence-corrected chi connectivity index (χ4v) is 3.18. The normalized spacial score (nSPS) is 18.2. The highest BCUT2D eigenvalue weighted by molar-refractivity contribution is 5.87. The molecule has 6 nitrogen and oxygen atoms in total. The maximum Gasteiger partial charge on any atom is 0.242 e. The van der Waals surface area contributed by atoms with E-state index in [1.165, 1.54) is 26.2 Å². The van der Waals surface area contributed by atoms with Crippen LogP contribution >= 0.6 is 0 Å². The van der Waals surface area contributed by atoms with E-state index >= 15 is 0 Å². The minimum absolute atomic E-state index is 0.0333. The van der Waals surface area contributed by atoms with Gasteiger partial charge in [-0.05, 0) is 44.0 Å².